The maximum atomic E-state index is 14.5. The summed E-state index contributed by atoms with van der Waals surface area (Å²) in [4.78, 5) is 27.7. The van der Waals surface area contributed by atoms with Crippen molar-refractivity contribution in [3.63, 3.8) is 0 Å². The van der Waals surface area contributed by atoms with E-state index in [1.165, 1.54) is 55.7 Å². The van der Waals surface area contributed by atoms with Crippen LogP contribution >= 0.6 is 0 Å². The fourth-order valence-corrected chi connectivity index (χ4v) is 7.43. The molecular weight excluding hydrogens is 900 g/mol. The number of rotatable bonds is 14. The number of ether oxygens (including phenoxy) is 8. The molecule has 4 heterocycles. The zero-order valence-electron chi connectivity index (χ0n) is 34.9. The van der Waals surface area contributed by atoms with Crippen LogP contribution in [0, 0.1) is 0 Å². The third-order valence-corrected chi connectivity index (χ3v) is 11.2. The van der Waals surface area contributed by atoms with Gasteiger partial charge in [-0.25, -0.2) is 4.79 Å². The first-order valence-corrected chi connectivity index (χ1v) is 20.4. The number of aliphatic hydroxyl groups is 11. The minimum Gasteiger partial charge on any atom is -0.507 e. The van der Waals surface area contributed by atoms with Crippen LogP contribution in [0.25, 0.3) is 28.4 Å². The number of hydrogen-bond donors (Lipinski definition) is 13. The van der Waals surface area contributed by atoms with Gasteiger partial charge in [0.25, 0.3) is 0 Å². The quantitative estimate of drug-likeness (QED) is 0.0434. The first kappa shape index (κ1) is 49.2. The summed E-state index contributed by atoms with van der Waals surface area (Å²) in [6, 6.07) is 11.3. The van der Waals surface area contributed by atoms with Crippen LogP contribution in [0.2, 0.25) is 0 Å². The number of hydrogen-bond acceptors (Lipinski definition) is 24. The zero-order chi connectivity index (χ0) is 48.4. The average molecular weight is 949 g/mol. The summed E-state index contributed by atoms with van der Waals surface area (Å²) in [6.45, 7) is -2.42. The Morgan fingerprint density at radius 2 is 1.18 bits per heavy atom. The highest BCUT2D eigenvalue weighted by Crippen LogP contribution is 2.39. The molecule has 15 atom stereocenters. The van der Waals surface area contributed by atoms with Gasteiger partial charge in [-0.05, 0) is 48.0 Å². The zero-order valence-corrected chi connectivity index (χ0v) is 34.9. The second-order valence-electron chi connectivity index (χ2n) is 15.6. The second kappa shape index (κ2) is 20.7. The predicted molar refractivity (Wildman–Crippen MR) is 220 cm³/mol. The van der Waals surface area contributed by atoms with E-state index < -0.39 is 152 Å². The molecule has 0 aliphatic carbocycles. The van der Waals surface area contributed by atoms with E-state index in [9.17, 15) is 76.0 Å². The lowest BCUT2D eigenvalue weighted by molar-refractivity contribution is -0.281. The van der Waals surface area contributed by atoms with Crippen LogP contribution in [0.15, 0.2) is 69.9 Å². The molecule has 0 saturated carbocycles. The Morgan fingerprint density at radius 3 is 1.75 bits per heavy atom. The molecule has 0 spiro atoms. The number of esters is 1. The third-order valence-electron chi connectivity index (χ3n) is 11.2. The van der Waals surface area contributed by atoms with Gasteiger partial charge in [0.2, 0.25) is 30.0 Å². The molecule has 364 valence electrons. The fourth-order valence-electron chi connectivity index (χ4n) is 7.43. The molecule has 3 fully saturated rings. The SMILES string of the molecule is COc1cc(/C=C/C(=O)O[C@H]2[C@H](Oc3c(-c4ccc(O[C@@H]5O[C@@H](CO)[C@@H](O)[C@@H](O)[C@H]5O)cc4)oc4cc(O[C@@H]5O[C@@H](CO)[C@@H](O)[C@@H](O)[C@H]5O)cc(O)c4c3=O)O[C@H](CO)[C@@H](O)[C@H]2O)ccc1O. The molecule has 3 aromatic carbocycles. The molecule has 1 aromatic heterocycles. The van der Waals surface area contributed by atoms with Crippen LogP contribution in [0.1, 0.15) is 5.56 Å². The molecule has 4 aromatic rings. The average Bonchev–Trinajstić information content (AvgIpc) is 3.32. The van der Waals surface area contributed by atoms with Gasteiger partial charge in [0, 0.05) is 23.8 Å². The third kappa shape index (κ3) is 10.1. The number of benzene rings is 3. The second-order valence-corrected chi connectivity index (χ2v) is 15.6. The molecule has 3 aliphatic rings. The van der Waals surface area contributed by atoms with Crippen molar-refractivity contribution in [1.29, 1.82) is 0 Å². The van der Waals surface area contributed by atoms with Crippen molar-refractivity contribution in [2.24, 2.45) is 0 Å². The standard InChI is InChI=1S/C43H48O24/c1-59-22-10-16(2-8-20(22)47)3-9-27(49)66-40-35(56)31(52)26(15-46)65-43(40)67-39-32(53)28-21(48)11-19(61-42-37(58)34(55)30(51)25(14-45)64-42)12-23(28)62-38(39)17-4-6-18(7-5-17)60-41-36(57)33(54)29(50)24(13-44)63-41/h2-12,24-26,29-31,33-37,40-48,50-52,54-58H,13-15H2,1H3/b9-3+/t24-,25-,26+,29+,30+,31+,33+,34+,35+,36+,37+,40+,41+,42+,43-/m0/s1. The van der Waals surface area contributed by atoms with Crippen LogP contribution in [0.3, 0.4) is 0 Å². The Bertz CT molecular complexity index is 2440. The van der Waals surface area contributed by atoms with Gasteiger partial charge in [-0.1, -0.05) is 6.07 Å². The van der Waals surface area contributed by atoms with Crippen molar-refractivity contribution in [3.05, 3.63) is 76.5 Å². The Morgan fingerprint density at radius 1 is 0.627 bits per heavy atom. The lowest BCUT2D eigenvalue weighted by atomic mass is 9.99. The first-order chi connectivity index (χ1) is 32.0. The molecule has 24 nitrogen and oxygen atoms in total. The molecular formula is C43H48O24. The van der Waals surface area contributed by atoms with Crippen molar-refractivity contribution in [2.45, 2.75) is 92.1 Å². The minimum atomic E-state index is -2.02. The lowest BCUT2D eigenvalue weighted by Crippen LogP contribution is -2.61. The van der Waals surface area contributed by atoms with Gasteiger partial charge in [-0.2, -0.15) is 0 Å². The number of phenols is 2. The van der Waals surface area contributed by atoms with Gasteiger partial charge in [0.1, 0.15) is 95.4 Å². The van der Waals surface area contributed by atoms with Gasteiger partial charge >= 0.3 is 5.97 Å². The molecule has 67 heavy (non-hydrogen) atoms. The van der Waals surface area contributed by atoms with Gasteiger partial charge in [-0.15, -0.1) is 0 Å². The smallest absolute Gasteiger partial charge is 0.331 e. The highest BCUT2D eigenvalue weighted by molar-refractivity contribution is 5.89. The minimum absolute atomic E-state index is 0.00852. The monoisotopic (exact) mass is 948 g/mol. The van der Waals surface area contributed by atoms with Gasteiger partial charge in [-0.3, -0.25) is 4.79 Å². The summed E-state index contributed by atoms with van der Waals surface area (Å²) in [7, 11) is 1.31. The summed E-state index contributed by atoms with van der Waals surface area (Å²) < 4.78 is 50.6. The number of fused-ring (bicyclic) bond motifs is 1. The van der Waals surface area contributed by atoms with E-state index in [1.807, 2.05) is 0 Å². The summed E-state index contributed by atoms with van der Waals surface area (Å²) >= 11 is 0. The number of carbonyl (C=O) groups is 1. The summed E-state index contributed by atoms with van der Waals surface area (Å²) in [6.07, 6.45) is -23.9. The van der Waals surface area contributed by atoms with E-state index in [4.69, 9.17) is 42.3 Å². The molecule has 0 bridgehead atoms. The summed E-state index contributed by atoms with van der Waals surface area (Å²) in [5, 5.41) is 134. The van der Waals surface area contributed by atoms with Crippen molar-refractivity contribution in [3.8, 4) is 45.8 Å². The highest BCUT2D eigenvalue weighted by Gasteiger charge is 2.49. The number of aromatic hydroxyl groups is 2. The first-order valence-electron chi connectivity index (χ1n) is 20.4. The van der Waals surface area contributed by atoms with E-state index in [0.29, 0.717) is 5.56 Å². The topological polar surface area (TPSA) is 384 Å². The number of aliphatic hydroxyl groups excluding tert-OH is 11. The van der Waals surface area contributed by atoms with Crippen LogP contribution in [0.4, 0.5) is 0 Å². The largest absolute Gasteiger partial charge is 0.507 e. The van der Waals surface area contributed by atoms with E-state index in [1.54, 1.807) is 0 Å². The van der Waals surface area contributed by atoms with E-state index >= 15 is 0 Å². The van der Waals surface area contributed by atoms with Crippen molar-refractivity contribution >= 4 is 23.0 Å². The molecule has 0 amide bonds. The molecule has 0 radical (unpaired) electrons. The Labute approximate surface area is 377 Å². The van der Waals surface area contributed by atoms with Gasteiger partial charge < -0.3 is 109 Å². The predicted octanol–water partition coefficient (Wildman–Crippen LogP) is -3.32. The van der Waals surface area contributed by atoms with Crippen LogP contribution in [-0.4, -0.2) is 191 Å². The molecule has 7 rings (SSSR count). The summed E-state index contributed by atoms with van der Waals surface area (Å²) in [5.74, 6) is -3.64. The normalized spacial score (nSPS) is 32.2. The van der Waals surface area contributed by atoms with Crippen LogP contribution in [-0.2, 0) is 23.7 Å². The fraction of sp³-hybridized carbons (Fsp3) is 0.442. The summed E-state index contributed by atoms with van der Waals surface area (Å²) in [5.41, 5.74) is -1.19. The number of methoxy groups -OCH3 is 1. The Balaban J connectivity index is 1.26. The van der Waals surface area contributed by atoms with Crippen molar-refractivity contribution in [1.82, 2.24) is 0 Å². The van der Waals surface area contributed by atoms with Gasteiger partial charge in [0.15, 0.2) is 23.4 Å². The van der Waals surface area contributed by atoms with Gasteiger partial charge in [0.05, 0.1) is 26.9 Å². The van der Waals surface area contributed by atoms with E-state index in [2.05, 4.69) is 0 Å². The number of phenolic OH excluding ortho intramolecular Hbond substituents is 2. The molecule has 3 aliphatic heterocycles. The molecule has 0 unspecified atom stereocenters. The number of carbonyl (C=O) groups excluding carboxylic acids is 1. The molecule has 24 heteroatoms. The Kier molecular flexibility index (Phi) is 15.2. The molecule has 13 N–H and O–H groups in total. The maximum Gasteiger partial charge on any atom is 0.331 e. The van der Waals surface area contributed by atoms with Crippen LogP contribution < -0.4 is 24.4 Å². The van der Waals surface area contributed by atoms with E-state index in [-0.39, 0.29) is 28.6 Å². The maximum absolute atomic E-state index is 14.5. The van der Waals surface area contributed by atoms with Crippen LogP contribution in [0.5, 0.6) is 34.5 Å². The highest BCUT2D eigenvalue weighted by atomic mass is 16.7. The van der Waals surface area contributed by atoms with E-state index in [0.717, 1.165) is 18.2 Å². The molecule has 3 saturated heterocycles. The van der Waals surface area contributed by atoms with Crippen molar-refractivity contribution in [2.75, 3.05) is 26.9 Å². The Hall–Kier alpha value is -5.68. The lowest BCUT2D eigenvalue weighted by Gasteiger charge is -2.41. The van der Waals surface area contributed by atoms with Crippen molar-refractivity contribution < 1.29 is 113 Å².